The van der Waals surface area contributed by atoms with Gasteiger partial charge in [-0.1, -0.05) is 31.1 Å². The van der Waals surface area contributed by atoms with Crippen LogP contribution in [-0.2, 0) is 12.4 Å². The van der Waals surface area contributed by atoms with Crippen molar-refractivity contribution in [2.24, 2.45) is 0 Å². The molecule has 1 aromatic carbocycles. The van der Waals surface area contributed by atoms with Gasteiger partial charge in [0.1, 0.15) is 4.88 Å². The van der Waals surface area contributed by atoms with Gasteiger partial charge in [0, 0.05) is 16.0 Å². The SMILES string of the molecule is C=C(C#Cc1ccc(C(F)(F)F)cc1)/C=C\C(=C)c1ccc(C(F)(F)F)s1. The lowest BCUT2D eigenvalue weighted by atomic mass is 10.1. The van der Waals surface area contributed by atoms with Gasteiger partial charge in [0.2, 0.25) is 0 Å². The quantitative estimate of drug-likeness (QED) is 0.298. The second-order valence-corrected chi connectivity index (χ2v) is 6.45. The van der Waals surface area contributed by atoms with E-state index in [4.69, 9.17) is 0 Å². The number of thiophene rings is 1. The normalized spacial score (nSPS) is 11.9. The van der Waals surface area contributed by atoms with Crippen molar-refractivity contribution in [3.8, 4) is 11.8 Å². The molecule has 0 nitrogen and oxygen atoms in total. The maximum absolute atomic E-state index is 12.6. The number of hydrogen-bond donors (Lipinski definition) is 0. The highest BCUT2D eigenvalue weighted by Crippen LogP contribution is 2.36. The molecule has 0 saturated heterocycles. The second kappa shape index (κ2) is 7.89. The van der Waals surface area contributed by atoms with Gasteiger partial charge in [0.05, 0.1) is 5.56 Å². The fourth-order valence-corrected chi connectivity index (χ4v) is 2.71. The molecule has 0 saturated carbocycles. The first kappa shape index (κ1) is 20.6. The van der Waals surface area contributed by atoms with E-state index in [0.717, 1.165) is 18.2 Å². The van der Waals surface area contributed by atoms with Crippen LogP contribution in [0.2, 0.25) is 0 Å². The molecule has 1 heterocycles. The van der Waals surface area contributed by atoms with Crippen LogP contribution in [0.15, 0.2) is 67.3 Å². The predicted molar refractivity (Wildman–Crippen MR) is 95.0 cm³/mol. The van der Waals surface area contributed by atoms with Gasteiger partial charge in [-0.2, -0.15) is 26.3 Å². The molecule has 2 aromatic rings. The molecule has 0 aliphatic carbocycles. The molecule has 140 valence electrons. The molecule has 0 atom stereocenters. The molecule has 0 unspecified atom stereocenters. The van der Waals surface area contributed by atoms with E-state index in [-0.39, 0.29) is 0 Å². The summed E-state index contributed by atoms with van der Waals surface area (Å²) < 4.78 is 75.3. The zero-order chi connectivity index (χ0) is 20.2. The lowest BCUT2D eigenvalue weighted by Crippen LogP contribution is -2.04. The molecular formula is C20H12F6S. The van der Waals surface area contributed by atoms with Gasteiger partial charge in [0.25, 0.3) is 0 Å². The lowest BCUT2D eigenvalue weighted by molar-refractivity contribution is -0.137. The fraction of sp³-hybridized carbons (Fsp3) is 0.100. The van der Waals surface area contributed by atoms with E-state index in [1.807, 2.05) is 0 Å². The van der Waals surface area contributed by atoms with E-state index in [1.165, 1.54) is 30.4 Å². The summed E-state index contributed by atoms with van der Waals surface area (Å²) in [4.78, 5) is -0.352. The Morgan fingerprint density at radius 2 is 1.48 bits per heavy atom. The number of allylic oxidation sites excluding steroid dienone is 4. The maximum atomic E-state index is 12.6. The number of hydrogen-bond acceptors (Lipinski definition) is 1. The second-order valence-electron chi connectivity index (χ2n) is 5.37. The summed E-state index contributed by atoms with van der Waals surface area (Å²) in [5.41, 5.74) is 0.318. The molecule has 0 radical (unpaired) electrons. The van der Waals surface area contributed by atoms with E-state index in [0.29, 0.717) is 32.9 Å². The third-order valence-corrected chi connectivity index (χ3v) is 4.47. The predicted octanol–water partition coefficient (Wildman–Crippen LogP) is 6.96. The summed E-state index contributed by atoms with van der Waals surface area (Å²) in [5.74, 6) is 5.33. The molecule has 0 aliphatic heterocycles. The van der Waals surface area contributed by atoms with E-state index < -0.39 is 22.8 Å². The largest absolute Gasteiger partial charge is 0.425 e. The lowest BCUT2D eigenvalue weighted by Gasteiger charge is -2.05. The summed E-state index contributed by atoms with van der Waals surface area (Å²) >= 11 is 0.580. The van der Waals surface area contributed by atoms with E-state index in [1.54, 1.807) is 0 Å². The third-order valence-electron chi connectivity index (χ3n) is 3.27. The van der Waals surface area contributed by atoms with Crippen molar-refractivity contribution in [1.29, 1.82) is 0 Å². The summed E-state index contributed by atoms with van der Waals surface area (Å²) in [6.07, 6.45) is -5.85. The highest BCUT2D eigenvalue weighted by molar-refractivity contribution is 7.13. The van der Waals surface area contributed by atoms with Crippen molar-refractivity contribution in [3.05, 3.63) is 88.2 Å². The van der Waals surface area contributed by atoms with Crippen LogP contribution in [0.3, 0.4) is 0 Å². The first-order valence-electron chi connectivity index (χ1n) is 7.39. The summed E-state index contributed by atoms with van der Waals surface area (Å²) in [7, 11) is 0. The maximum Gasteiger partial charge on any atom is 0.425 e. The molecule has 0 amide bonds. The zero-order valence-corrected chi connectivity index (χ0v) is 14.5. The van der Waals surface area contributed by atoms with Crippen LogP contribution in [0.1, 0.15) is 20.9 Å². The monoisotopic (exact) mass is 398 g/mol. The van der Waals surface area contributed by atoms with Crippen LogP contribution in [-0.4, -0.2) is 0 Å². The van der Waals surface area contributed by atoms with Gasteiger partial charge >= 0.3 is 12.4 Å². The van der Waals surface area contributed by atoms with Crippen LogP contribution in [0.5, 0.6) is 0 Å². The Labute approximate surface area is 156 Å². The first-order chi connectivity index (χ1) is 12.5. The minimum absolute atomic E-state index is 0.337. The Balaban J connectivity index is 2.02. The number of alkyl halides is 6. The highest BCUT2D eigenvalue weighted by Gasteiger charge is 2.32. The summed E-state index contributed by atoms with van der Waals surface area (Å²) in [6.45, 7) is 7.38. The van der Waals surface area contributed by atoms with Crippen molar-refractivity contribution >= 4 is 16.9 Å². The molecule has 7 heteroatoms. The fourth-order valence-electron chi connectivity index (χ4n) is 1.88. The average Bonchev–Trinajstić information content (AvgIpc) is 3.08. The van der Waals surface area contributed by atoms with Gasteiger partial charge in [-0.3, -0.25) is 0 Å². The van der Waals surface area contributed by atoms with Crippen LogP contribution in [0.25, 0.3) is 5.57 Å². The number of benzene rings is 1. The van der Waals surface area contributed by atoms with Gasteiger partial charge in [-0.15, -0.1) is 11.3 Å². The smallest absolute Gasteiger partial charge is 0.166 e. The topological polar surface area (TPSA) is 0 Å². The third kappa shape index (κ3) is 5.90. The van der Waals surface area contributed by atoms with Crippen LogP contribution in [0.4, 0.5) is 26.3 Å². The zero-order valence-electron chi connectivity index (χ0n) is 13.7. The minimum atomic E-state index is -4.41. The van der Waals surface area contributed by atoms with Crippen molar-refractivity contribution in [3.63, 3.8) is 0 Å². The Bertz CT molecular complexity index is 928. The minimum Gasteiger partial charge on any atom is -0.166 e. The number of rotatable bonds is 3. The van der Waals surface area contributed by atoms with Crippen molar-refractivity contribution in [1.82, 2.24) is 0 Å². The van der Waals surface area contributed by atoms with Crippen molar-refractivity contribution in [2.45, 2.75) is 12.4 Å². The molecule has 0 bridgehead atoms. The van der Waals surface area contributed by atoms with E-state index in [9.17, 15) is 26.3 Å². The molecule has 0 N–H and O–H groups in total. The van der Waals surface area contributed by atoms with Crippen molar-refractivity contribution in [2.75, 3.05) is 0 Å². The molecule has 2 rings (SSSR count). The Morgan fingerprint density at radius 3 is 2.00 bits per heavy atom. The van der Waals surface area contributed by atoms with Gasteiger partial charge in [0.15, 0.2) is 0 Å². The van der Waals surface area contributed by atoms with Gasteiger partial charge < -0.3 is 0 Å². The van der Waals surface area contributed by atoms with Crippen molar-refractivity contribution < 1.29 is 26.3 Å². The van der Waals surface area contributed by atoms with Crippen LogP contribution >= 0.6 is 11.3 Å². The molecule has 27 heavy (non-hydrogen) atoms. The highest BCUT2D eigenvalue weighted by atomic mass is 32.1. The van der Waals surface area contributed by atoms with Gasteiger partial charge in [-0.05, 0) is 48.0 Å². The Hall–Kier alpha value is -2.72. The molecular weight excluding hydrogens is 386 g/mol. The Kier molecular flexibility index (Phi) is 6.01. The van der Waals surface area contributed by atoms with Crippen LogP contribution < -0.4 is 0 Å². The molecule has 0 fully saturated rings. The summed E-state index contributed by atoms with van der Waals surface area (Å²) in [6, 6.07) is 6.67. The average molecular weight is 398 g/mol. The molecule has 0 aliphatic rings. The Morgan fingerprint density at radius 1 is 0.852 bits per heavy atom. The molecule has 1 aromatic heterocycles. The van der Waals surface area contributed by atoms with Gasteiger partial charge in [-0.25, -0.2) is 0 Å². The van der Waals surface area contributed by atoms with E-state index in [2.05, 4.69) is 25.0 Å². The van der Waals surface area contributed by atoms with E-state index >= 15 is 0 Å². The summed E-state index contributed by atoms with van der Waals surface area (Å²) in [5, 5.41) is 0. The standard InChI is InChI=1S/C20H12F6S/c1-13(4-6-15-7-9-16(10-8-15)19(21,22)23)3-5-14(2)17-11-12-18(27-17)20(24,25)26/h3,5,7-12H,1-2H2/b5-3-. The van der Waals surface area contributed by atoms with Crippen LogP contribution in [0, 0.1) is 11.8 Å². The first-order valence-corrected chi connectivity index (χ1v) is 8.21. The molecule has 0 spiro atoms. The number of halogens is 6.